The summed E-state index contributed by atoms with van der Waals surface area (Å²) in [6.07, 6.45) is 0.514. The van der Waals surface area contributed by atoms with Gasteiger partial charge in [-0.1, -0.05) is 36.8 Å². The quantitative estimate of drug-likeness (QED) is 0.222. The fraction of sp³-hybridized carbons (Fsp3) is 0.553. The van der Waals surface area contributed by atoms with Crippen molar-refractivity contribution in [1.29, 1.82) is 0 Å². The van der Waals surface area contributed by atoms with Crippen molar-refractivity contribution in [2.45, 2.75) is 114 Å². The average Bonchev–Trinajstić information content (AvgIpc) is 3.43. The number of pyridine rings is 1. The van der Waals surface area contributed by atoms with Crippen molar-refractivity contribution in [3.05, 3.63) is 41.6 Å². The van der Waals surface area contributed by atoms with Gasteiger partial charge < -0.3 is 34.9 Å². The molecule has 1 saturated heterocycles. The molecule has 5 unspecified atom stereocenters. The summed E-state index contributed by atoms with van der Waals surface area (Å²) in [4.78, 5) is 60.4. The van der Waals surface area contributed by atoms with Crippen LogP contribution in [-0.4, -0.2) is 80.8 Å². The normalized spacial score (nSPS) is 27.4. The Hall–Kier alpha value is -5.00. The Morgan fingerprint density at radius 1 is 1.19 bits per heavy atom. The summed E-state index contributed by atoms with van der Waals surface area (Å²) < 4.78 is 60.8. The highest BCUT2D eigenvalue weighted by Gasteiger charge is 2.57. The molecule has 2 aromatic rings. The molecule has 53 heavy (non-hydrogen) atoms. The third-order valence-electron chi connectivity index (χ3n) is 9.92. The van der Waals surface area contributed by atoms with Gasteiger partial charge in [-0.25, -0.2) is 14.6 Å². The molecule has 0 saturated carbocycles. The first-order valence-corrected chi connectivity index (χ1v) is 17.9. The summed E-state index contributed by atoms with van der Waals surface area (Å²) in [7, 11) is 0. The van der Waals surface area contributed by atoms with E-state index in [9.17, 15) is 37.5 Å². The van der Waals surface area contributed by atoms with Crippen LogP contribution in [0.5, 0.6) is 11.5 Å². The van der Waals surface area contributed by atoms with Gasteiger partial charge in [-0.15, -0.1) is 0 Å². The van der Waals surface area contributed by atoms with Crippen molar-refractivity contribution in [2.75, 3.05) is 13.2 Å². The van der Waals surface area contributed by atoms with Gasteiger partial charge in [0.25, 0.3) is 0 Å². The number of alkyl halides is 3. The number of fused-ring (bicyclic) bond motifs is 5. The lowest BCUT2D eigenvalue weighted by atomic mass is 9.76. The number of hydrogen-bond acceptors (Lipinski definition) is 9. The van der Waals surface area contributed by atoms with Crippen molar-refractivity contribution in [3.63, 3.8) is 0 Å². The highest BCUT2D eigenvalue weighted by molar-refractivity contribution is 5.98. The molecule has 0 radical (unpaired) electrons. The Balaban J connectivity index is 1.42. The molecule has 4 heterocycles. The van der Waals surface area contributed by atoms with Crippen LogP contribution >= 0.6 is 0 Å². The van der Waals surface area contributed by atoms with Gasteiger partial charge in [0.05, 0.1) is 24.6 Å². The predicted molar refractivity (Wildman–Crippen MR) is 184 cm³/mol. The molecular formula is C38H43F3N4O8. The van der Waals surface area contributed by atoms with Gasteiger partial charge in [0, 0.05) is 17.4 Å². The SMILES string of the molecule is CCOC(=O)C12C#CC1C=CCCCCCC(NC(=O)OC(C)(C)C)C(=O)N1CC3(CCc4c(c(C(F)(F)F)nc5ccc(O)cc45)O3)CC1C(=O)N2. The van der Waals surface area contributed by atoms with Crippen LogP contribution in [0.1, 0.15) is 83.9 Å². The maximum atomic E-state index is 14.6. The predicted octanol–water partition coefficient (Wildman–Crippen LogP) is 5.09. The first-order chi connectivity index (χ1) is 24.9. The van der Waals surface area contributed by atoms with Crippen LogP contribution in [0.25, 0.3) is 10.9 Å². The van der Waals surface area contributed by atoms with Crippen LogP contribution in [0, 0.1) is 17.8 Å². The summed E-state index contributed by atoms with van der Waals surface area (Å²) in [6.45, 7) is 6.33. The number of ether oxygens (including phenoxy) is 3. The fourth-order valence-electron chi connectivity index (χ4n) is 7.42. The highest BCUT2D eigenvalue weighted by Crippen LogP contribution is 2.48. The van der Waals surface area contributed by atoms with E-state index in [1.54, 1.807) is 33.8 Å². The summed E-state index contributed by atoms with van der Waals surface area (Å²) >= 11 is 0. The van der Waals surface area contributed by atoms with Gasteiger partial charge >= 0.3 is 18.2 Å². The van der Waals surface area contributed by atoms with E-state index in [0.717, 1.165) is 6.42 Å². The number of phenolic OH excluding ortho intramolecular Hbond substituents is 1. The number of nitrogens with one attached hydrogen (secondary N) is 2. The molecule has 0 bridgehead atoms. The molecule has 3 N–H and O–H groups in total. The molecule has 6 rings (SSSR count). The number of aromatic nitrogens is 1. The van der Waals surface area contributed by atoms with Crippen LogP contribution in [-0.2, 0) is 36.5 Å². The zero-order chi connectivity index (χ0) is 38.3. The fourth-order valence-corrected chi connectivity index (χ4v) is 7.42. The van der Waals surface area contributed by atoms with Gasteiger partial charge in [0.15, 0.2) is 11.4 Å². The Labute approximate surface area is 304 Å². The molecule has 1 aromatic carbocycles. The third kappa shape index (κ3) is 7.59. The van der Waals surface area contributed by atoms with Crippen LogP contribution in [0.2, 0.25) is 0 Å². The molecule has 1 spiro atoms. The molecule has 1 fully saturated rings. The van der Waals surface area contributed by atoms with E-state index >= 15 is 0 Å². The number of hydrogen-bond donors (Lipinski definition) is 3. The highest BCUT2D eigenvalue weighted by atomic mass is 19.4. The number of benzene rings is 1. The van der Waals surface area contributed by atoms with Crippen molar-refractivity contribution in [1.82, 2.24) is 20.5 Å². The molecule has 3 amide bonds. The number of rotatable bonds is 3. The number of aromatic hydroxyl groups is 1. The van der Waals surface area contributed by atoms with E-state index in [4.69, 9.17) is 14.2 Å². The zero-order valence-electron chi connectivity index (χ0n) is 30.0. The van der Waals surface area contributed by atoms with Crippen molar-refractivity contribution in [2.24, 2.45) is 5.92 Å². The minimum Gasteiger partial charge on any atom is -0.508 e. The maximum Gasteiger partial charge on any atom is 0.437 e. The van der Waals surface area contributed by atoms with Gasteiger partial charge in [-0.05, 0) is 78.0 Å². The van der Waals surface area contributed by atoms with Gasteiger partial charge in [0.2, 0.25) is 17.4 Å². The van der Waals surface area contributed by atoms with E-state index in [1.165, 1.54) is 23.1 Å². The first kappa shape index (κ1) is 37.7. The van der Waals surface area contributed by atoms with E-state index in [1.807, 2.05) is 6.08 Å². The number of aryl methyl sites for hydroxylation is 1. The number of halogens is 3. The number of amides is 3. The van der Waals surface area contributed by atoms with Crippen molar-refractivity contribution < 1.29 is 51.7 Å². The first-order valence-electron chi connectivity index (χ1n) is 17.9. The molecule has 4 aliphatic rings. The standard InChI is InChI=1S/C38H43F3N4O8/c1-5-51-33(49)37-18-15-22(37)11-9-7-6-8-10-12-27(43-34(50)53-35(2,3)4)32(48)45-21-36(20-28(45)31(47)44-37)17-16-24-25-19-23(46)13-14-26(25)42-30(29(24)52-36)38(39,40)41/h9,11,13-14,19,22,27-28,46H,5-8,10,12,16-17,20-21H2,1-4H3,(H,43,50)(H,44,47). The molecule has 15 heteroatoms. The van der Waals surface area contributed by atoms with E-state index in [2.05, 4.69) is 27.5 Å². The summed E-state index contributed by atoms with van der Waals surface area (Å²) in [5.74, 6) is 2.04. The molecule has 1 aliphatic carbocycles. The molecule has 1 aromatic heterocycles. The largest absolute Gasteiger partial charge is 0.508 e. The molecular weight excluding hydrogens is 697 g/mol. The smallest absolute Gasteiger partial charge is 0.437 e. The Morgan fingerprint density at radius 3 is 2.64 bits per heavy atom. The molecule has 12 nitrogen and oxygen atoms in total. The van der Waals surface area contributed by atoms with Crippen LogP contribution < -0.4 is 15.4 Å². The summed E-state index contributed by atoms with van der Waals surface area (Å²) in [5, 5.41) is 15.9. The van der Waals surface area contributed by atoms with Crippen LogP contribution in [0.15, 0.2) is 30.4 Å². The Morgan fingerprint density at radius 2 is 1.96 bits per heavy atom. The second-order valence-corrected chi connectivity index (χ2v) is 15.0. The van der Waals surface area contributed by atoms with Gasteiger partial charge in [0.1, 0.15) is 29.0 Å². The third-order valence-corrected chi connectivity index (χ3v) is 9.92. The second-order valence-electron chi connectivity index (χ2n) is 15.0. The van der Waals surface area contributed by atoms with Crippen LogP contribution in [0.3, 0.4) is 0 Å². The molecule has 5 atom stereocenters. The zero-order valence-corrected chi connectivity index (χ0v) is 30.0. The number of esters is 1. The number of phenols is 1. The van der Waals surface area contributed by atoms with Crippen molar-refractivity contribution >= 4 is 34.8 Å². The van der Waals surface area contributed by atoms with Gasteiger partial charge in [-0.3, -0.25) is 9.59 Å². The lowest BCUT2D eigenvalue weighted by molar-refractivity contribution is -0.153. The monoisotopic (exact) mass is 740 g/mol. The second kappa shape index (κ2) is 14.1. The van der Waals surface area contributed by atoms with Crippen molar-refractivity contribution in [3.8, 4) is 23.3 Å². The maximum absolute atomic E-state index is 14.6. The summed E-state index contributed by atoms with van der Waals surface area (Å²) in [5.41, 5.74) is -5.19. The minimum absolute atomic E-state index is 0.0129. The Kier molecular flexibility index (Phi) is 10.0. The van der Waals surface area contributed by atoms with Crippen LogP contribution in [0.4, 0.5) is 18.0 Å². The number of alkyl carbamates (subject to hydrolysis) is 1. The van der Waals surface area contributed by atoms with E-state index in [-0.39, 0.29) is 61.1 Å². The number of carbonyl (C=O) groups excluding carboxylic acids is 4. The molecule has 284 valence electrons. The summed E-state index contributed by atoms with van der Waals surface area (Å²) in [6, 6.07) is 1.37. The van der Waals surface area contributed by atoms with E-state index < -0.39 is 76.2 Å². The lowest BCUT2D eigenvalue weighted by Gasteiger charge is -2.37. The minimum atomic E-state index is -4.93. The Bertz CT molecular complexity index is 1910. The average molecular weight is 741 g/mol. The van der Waals surface area contributed by atoms with Gasteiger partial charge in [-0.2, -0.15) is 13.2 Å². The number of nitrogens with zero attached hydrogens (tertiary/aromatic N) is 2. The lowest BCUT2D eigenvalue weighted by Crippen LogP contribution is -2.65. The van der Waals surface area contributed by atoms with E-state index in [0.29, 0.717) is 19.3 Å². The number of allylic oxidation sites excluding steroid dienone is 1. The number of carbonyl (C=O) groups is 4. The molecule has 3 aliphatic heterocycles. The topological polar surface area (TPSA) is 156 Å².